The summed E-state index contributed by atoms with van der Waals surface area (Å²) in [6, 6.07) is 0. The monoisotopic (exact) mass is 210 g/mol. The number of unbranched alkanes of at least 4 members (excludes halogenated alkanes) is 1. The maximum Gasteiger partial charge on any atom is 0.136 e. The Morgan fingerprint density at radius 3 is 2.47 bits per heavy atom. The topological polar surface area (TPSA) is 17.1 Å². The van der Waals surface area contributed by atoms with E-state index in [1.54, 1.807) is 0 Å². The third-order valence-corrected chi connectivity index (χ3v) is 4.38. The van der Waals surface area contributed by atoms with Gasteiger partial charge in [0.05, 0.1) is 0 Å². The Balaban J connectivity index is 2.57. The van der Waals surface area contributed by atoms with E-state index in [0.717, 1.165) is 37.5 Å². The molecule has 0 aromatic heterocycles. The molecular formula is C14H26O. The summed E-state index contributed by atoms with van der Waals surface area (Å²) in [5.74, 6) is 3.06. The van der Waals surface area contributed by atoms with Crippen LogP contribution in [0, 0.1) is 23.7 Å². The van der Waals surface area contributed by atoms with Crippen molar-refractivity contribution in [2.24, 2.45) is 23.7 Å². The molecule has 1 saturated carbocycles. The highest BCUT2D eigenvalue weighted by Crippen LogP contribution is 2.43. The molecule has 0 radical (unpaired) electrons. The number of carbonyl (C=O) groups excluding carboxylic acids is 1. The Labute approximate surface area is 94.6 Å². The molecule has 15 heavy (non-hydrogen) atoms. The van der Waals surface area contributed by atoms with Crippen LogP contribution in [-0.2, 0) is 4.79 Å². The first-order valence-electron chi connectivity index (χ1n) is 6.64. The van der Waals surface area contributed by atoms with Crippen LogP contribution in [0.3, 0.4) is 0 Å². The molecule has 1 rings (SSSR count). The predicted molar refractivity (Wildman–Crippen MR) is 64.7 cm³/mol. The third-order valence-electron chi connectivity index (χ3n) is 4.38. The second kappa shape index (κ2) is 5.67. The number of rotatable bonds is 5. The van der Waals surface area contributed by atoms with Gasteiger partial charge in [0, 0.05) is 12.3 Å². The van der Waals surface area contributed by atoms with Gasteiger partial charge in [0.15, 0.2) is 0 Å². The van der Waals surface area contributed by atoms with E-state index in [9.17, 15) is 4.79 Å². The fourth-order valence-corrected chi connectivity index (χ4v) is 3.14. The molecule has 0 N–H and O–H groups in total. The Morgan fingerprint density at radius 2 is 1.93 bits per heavy atom. The summed E-state index contributed by atoms with van der Waals surface area (Å²) in [5, 5.41) is 0. The third kappa shape index (κ3) is 2.83. The molecule has 1 aliphatic rings. The average Bonchev–Trinajstić information content (AvgIpc) is 2.52. The van der Waals surface area contributed by atoms with Crippen molar-refractivity contribution in [1.29, 1.82) is 0 Å². The maximum atomic E-state index is 12.1. The van der Waals surface area contributed by atoms with Crippen molar-refractivity contribution >= 4 is 5.78 Å². The molecule has 0 saturated heterocycles. The number of hydrogen-bond acceptors (Lipinski definition) is 1. The van der Waals surface area contributed by atoms with Crippen molar-refractivity contribution in [2.45, 2.75) is 59.8 Å². The van der Waals surface area contributed by atoms with Gasteiger partial charge in [-0.25, -0.2) is 0 Å². The molecule has 0 aromatic carbocycles. The quantitative estimate of drug-likeness (QED) is 0.668. The van der Waals surface area contributed by atoms with Gasteiger partial charge in [-0.1, -0.05) is 40.5 Å². The molecule has 1 fully saturated rings. The van der Waals surface area contributed by atoms with Crippen LogP contribution in [0.4, 0.5) is 0 Å². The lowest BCUT2D eigenvalue weighted by molar-refractivity contribution is -0.124. The zero-order chi connectivity index (χ0) is 11.4. The predicted octanol–water partition coefficient (Wildman–Crippen LogP) is 4.06. The summed E-state index contributed by atoms with van der Waals surface area (Å²) in [5.41, 5.74) is 0. The minimum absolute atomic E-state index is 0.381. The number of ketones is 1. The number of hydrogen-bond donors (Lipinski definition) is 0. The van der Waals surface area contributed by atoms with Gasteiger partial charge in [-0.3, -0.25) is 4.79 Å². The van der Waals surface area contributed by atoms with Crippen LogP contribution in [0.25, 0.3) is 0 Å². The van der Waals surface area contributed by atoms with Crippen LogP contribution in [0.15, 0.2) is 0 Å². The van der Waals surface area contributed by atoms with E-state index in [0.29, 0.717) is 17.6 Å². The summed E-state index contributed by atoms with van der Waals surface area (Å²) in [6.07, 6.45) is 5.35. The van der Waals surface area contributed by atoms with Crippen LogP contribution in [-0.4, -0.2) is 5.78 Å². The van der Waals surface area contributed by atoms with Crippen molar-refractivity contribution in [3.63, 3.8) is 0 Å². The number of carbonyl (C=O) groups is 1. The van der Waals surface area contributed by atoms with Crippen LogP contribution in [0.2, 0.25) is 0 Å². The normalized spacial score (nSPS) is 35.7. The Morgan fingerprint density at radius 1 is 1.27 bits per heavy atom. The van der Waals surface area contributed by atoms with Gasteiger partial charge in [0.1, 0.15) is 5.78 Å². The molecule has 0 heterocycles. The van der Waals surface area contributed by atoms with Crippen LogP contribution in [0.1, 0.15) is 59.8 Å². The molecule has 0 spiro atoms. The Hall–Kier alpha value is -0.330. The standard InChI is InChI=1S/C14H26O/c1-5-7-8-14(15)13-9-10(3)11(4)12(13)6-2/h10-13H,5-9H2,1-4H3. The highest BCUT2D eigenvalue weighted by Gasteiger charge is 2.40. The highest BCUT2D eigenvalue weighted by molar-refractivity contribution is 5.81. The van der Waals surface area contributed by atoms with E-state index < -0.39 is 0 Å². The lowest BCUT2D eigenvalue weighted by atomic mass is 9.84. The van der Waals surface area contributed by atoms with Gasteiger partial charge in [-0.05, 0) is 30.6 Å². The molecule has 0 aliphatic heterocycles. The minimum atomic E-state index is 0.381. The van der Waals surface area contributed by atoms with Gasteiger partial charge in [0.2, 0.25) is 0 Å². The maximum absolute atomic E-state index is 12.1. The zero-order valence-corrected chi connectivity index (χ0v) is 10.8. The molecule has 88 valence electrons. The molecule has 0 bridgehead atoms. The van der Waals surface area contributed by atoms with Crippen molar-refractivity contribution in [3.05, 3.63) is 0 Å². The average molecular weight is 210 g/mol. The fraction of sp³-hybridized carbons (Fsp3) is 0.929. The zero-order valence-electron chi connectivity index (χ0n) is 10.8. The Kier molecular flexibility index (Phi) is 4.82. The van der Waals surface area contributed by atoms with Crippen molar-refractivity contribution < 1.29 is 4.79 Å². The van der Waals surface area contributed by atoms with E-state index in [4.69, 9.17) is 0 Å². The second-order valence-electron chi connectivity index (χ2n) is 5.32. The minimum Gasteiger partial charge on any atom is -0.299 e. The van der Waals surface area contributed by atoms with Gasteiger partial charge in [0.25, 0.3) is 0 Å². The summed E-state index contributed by atoms with van der Waals surface area (Å²) in [7, 11) is 0. The lowest BCUT2D eigenvalue weighted by Gasteiger charge is -2.20. The van der Waals surface area contributed by atoms with E-state index in [-0.39, 0.29) is 0 Å². The fourth-order valence-electron chi connectivity index (χ4n) is 3.14. The summed E-state index contributed by atoms with van der Waals surface area (Å²) < 4.78 is 0. The first kappa shape index (κ1) is 12.7. The van der Waals surface area contributed by atoms with E-state index >= 15 is 0 Å². The molecule has 4 unspecified atom stereocenters. The highest BCUT2D eigenvalue weighted by atomic mass is 16.1. The van der Waals surface area contributed by atoms with Crippen molar-refractivity contribution in [1.82, 2.24) is 0 Å². The molecule has 4 atom stereocenters. The number of Topliss-reactive ketones (excluding diaryl/α,β-unsaturated/α-hetero) is 1. The van der Waals surface area contributed by atoms with Crippen molar-refractivity contribution in [2.75, 3.05) is 0 Å². The lowest BCUT2D eigenvalue weighted by Crippen LogP contribution is -2.21. The van der Waals surface area contributed by atoms with E-state index in [2.05, 4.69) is 27.7 Å². The first-order valence-corrected chi connectivity index (χ1v) is 6.64. The van der Waals surface area contributed by atoms with Gasteiger partial charge < -0.3 is 0 Å². The summed E-state index contributed by atoms with van der Waals surface area (Å²) in [6.45, 7) is 9.02. The summed E-state index contributed by atoms with van der Waals surface area (Å²) >= 11 is 0. The first-order chi connectivity index (χ1) is 7.11. The van der Waals surface area contributed by atoms with Gasteiger partial charge in [-0.2, -0.15) is 0 Å². The Bertz CT molecular complexity index is 209. The van der Waals surface area contributed by atoms with Crippen molar-refractivity contribution in [3.8, 4) is 0 Å². The van der Waals surface area contributed by atoms with Crippen LogP contribution >= 0.6 is 0 Å². The van der Waals surface area contributed by atoms with Crippen LogP contribution < -0.4 is 0 Å². The van der Waals surface area contributed by atoms with Gasteiger partial charge >= 0.3 is 0 Å². The largest absolute Gasteiger partial charge is 0.299 e. The summed E-state index contributed by atoms with van der Waals surface area (Å²) in [4.78, 5) is 12.1. The molecule has 0 aromatic rings. The smallest absolute Gasteiger partial charge is 0.136 e. The van der Waals surface area contributed by atoms with E-state index in [1.807, 2.05) is 0 Å². The second-order valence-corrected chi connectivity index (χ2v) is 5.32. The molecule has 0 amide bonds. The van der Waals surface area contributed by atoms with Crippen LogP contribution in [0.5, 0.6) is 0 Å². The molecular weight excluding hydrogens is 184 g/mol. The van der Waals surface area contributed by atoms with E-state index in [1.165, 1.54) is 6.42 Å². The van der Waals surface area contributed by atoms with Gasteiger partial charge in [-0.15, -0.1) is 0 Å². The SMILES string of the molecule is CCCCC(=O)C1CC(C)C(C)C1CC. The molecule has 1 nitrogen and oxygen atoms in total. The molecule has 1 aliphatic carbocycles. The molecule has 1 heteroatoms.